The largest absolute Gasteiger partial charge is 0.457 e. The van der Waals surface area contributed by atoms with Gasteiger partial charge in [0.25, 0.3) is 5.56 Å². The minimum Gasteiger partial charge on any atom is -0.457 e. The third-order valence-electron chi connectivity index (χ3n) is 4.86. The lowest BCUT2D eigenvalue weighted by Crippen LogP contribution is -2.24. The van der Waals surface area contributed by atoms with E-state index in [1.54, 1.807) is 23.6 Å². The van der Waals surface area contributed by atoms with Crippen molar-refractivity contribution in [2.75, 3.05) is 0 Å². The highest BCUT2D eigenvalue weighted by molar-refractivity contribution is 7.20. The summed E-state index contributed by atoms with van der Waals surface area (Å²) >= 11 is 7.20. The van der Waals surface area contributed by atoms with Gasteiger partial charge in [-0.3, -0.25) is 9.36 Å². The minimum absolute atomic E-state index is 0.0421. The molecule has 0 amide bonds. The van der Waals surface area contributed by atoms with E-state index in [1.165, 1.54) is 11.3 Å². The van der Waals surface area contributed by atoms with Crippen LogP contribution in [-0.4, -0.2) is 15.5 Å². The maximum atomic E-state index is 13.0. The van der Waals surface area contributed by atoms with E-state index in [4.69, 9.17) is 16.3 Å². The number of esters is 1. The van der Waals surface area contributed by atoms with E-state index in [9.17, 15) is 9.59 Å². The van der Waals surface area contributed by atoms with Gasteiger partial charge in [0.1, 0.15) is 22.1 Å². The van der Waals surface area contributed by atoms with Crippen LogP contribution in [0.4, 0.5) is 0 Å². The Hall–Kier alpha value is -2.18. The number of ether oxygens (including phenoxy) is 1. The van der Waals surface area contributed by atoms with Crippen LogP contribution in [0.15, 0.2) is 29.1 Å². The van der Waals surface area contributed by atoms with Gasteiger partial charge in [0.15, 0.2) is 0 Å². The second-order valence-corrected chi connectivity index (χ2v) is 8.17. The Kier molecular flexibility index (Phi) is 5.02. The molecule has 0 radical (unpaired) electrons. The average molecular weight is 403 g/mol. The van der Waals surface area contributed by atoms with E-state index in [2.05, 4.69) is 4.98 Å². The Balaban J connectivity index is 1.66. The van der Waals surface area contributed by atoms with Crippen LogP contribution >= 0.6 is 22.9 Å². The topological polar surface area (TPSA) is 61.2 Å². The van der Waals surface area contributed by atoms with E-state index in [0.717, 1.165) is 37.1 Å². The van der Waals surface area contributed by atoms with Crippen molar-refractivity contribution in [3.05, 3.63) is 61.5 Å². The first-order valence-corrected chi connectivity index (χ1v) is 10.2. The van der Waals surface area contributed by atoms with Crippen molar-refractivity contribution in [1.29, 1.82) is 0 Å². The van der Waals surface area contributed by atoms with E-state index in [1.807, 2.05) is 12.1 Å². The normalized spacial score (nSPS) is 14.0. The lowest BCUT2D eigenvalue weighted by atomic mass is 10.2. The molecule has 0 unspecified atom stereocenters. The minimum atomic E-state index is -0.435. The molecule has 4 rings (SSSR count). The molecule has 27 heavy (non-hydrogen) atoms. The predicted octanol–water partition coefficient (Wildman–Crippen LogP) is 4.50. The summed E-state index contributed by atoms with van der Waals surface area (Å²) in [5.41, 5.74) is 1.43. The quantitative estimate of drug-likeness (QED) is 0.605. The van der Waals surface area contributed by atoms with Gasteiger partial charge < -0.3 is 4.74 Å². The van der Waals surface area contributed by atoms with Crippen molar-refractivity contribution in [3.8, 4) is 0 Å². The van der Waals surface area contributed by atoms with Crippen molar-refractivity contribution in [2.24, 2.45) is 0 Å². The number of carbonyl (C=O) groups is 1. The molecule has 0 saturated heterocycles. The Morgan fingerprint density at radius 3 is 3.00 bits per heavy atom. The standard InChI is InChI=1S/C20H19ClN2O3S/c1-12-16-18(22-15-8-3-2-4-9-23(15)19(16)24)27-17(12)20(25)26-11-13-6-5-7-14(21)10-13/h5-7,10H,2-4,8-9,11H2,1H3. The summed E-state index contributed by atoms with van der Waals surface area (Å²) in [6.07, 6.45) is 3.93. The zero-order chi connectivity index (χ0) is 19.0. The zero-order valence-corrected chi connectivity index (χ0v) is 16.5. The molecule has 0 aliphatic carbocycles. The van der Waals surface area contributed by atoms with Gasteiger partial charge in [-0.2, -0.15) is 0 Å². The zero-order valence-electron chi connectivity index (χ0n) is 15.0. The number of halogens is 1. The molecule has 0 spiro atoms. The summed E-state index contributed by atoms with van der Waals surface area (Å²) in [4.78, 5) is 31.3. The second kappa shape index (κ2) is 7.44. The van der Waals surface area contributed by atoms with E-state index >= 15 is 0 Å². The molecule has 0 bridgehead atoms. The second-order valence-electron chi connectivity index (χ2n) is 6.74. The molecule has 0 N–H and O–H groups in total. The van der Waals surface area contributed by atoms with Crippen molar-refractivity contribution in [1.82, 2.24) is 9.55 Å². The summed E-state index contributed by atoms with van der Waals surface area (Å²) in [6, 6.07) is 7.19. The van der Waals surface area contributed by atoms with Gasteiger partial charge in [-0.05, 0) is 43.0 Å². The molecule has 7 heteroatoms. The van der Waals surface area contributed by atoms with Gasteiger partial charge in [0.2, 0.25) is 0 Å². The Morgan fingerprint density at radius 1 is 1.33 bits per heavy atom. The van der Waals surface area contributed by atoms with Crippen LogP contribution in [0.1, 0.15) is 45.9 Å². The number of rotatable bonds is 3. The van der Waals surface area contributed by atoms with Crippen LogP contribution < -0.4 is 5.56 Å². The van der Waals surface area contributed by atoms with E-state index in [-0.39, 0.29) is 12.2 Å². The Morgan fingerprint density at radius 2 is 2.19 bits per heavy atom. The van der Waals surface area contributed by atoms with Crippen LogP contribution in [0.3, 0.4) is 0 Å². The molecular formula is C20H19ClN2O3S. The lowest BCUT2D eigenvalue weighted by molar-refractivity contribution is 0.0478. The smallest absolute Gasteiger partial charge is 0.349 e. The van der Waals surface area contributed by atoms with Crippen LogP contribution in [0.5, 0.6) is 0 Å². The number of aryl methyl sites for hydroxylation is 2. The molecule has 0 fully saturated rings. The first kappa shape index (κ1) is 18.2. The average Bonchev–Trinajstić information content (AvgIpc) is 2.82. The number of hydrogen-bond donors (Lipinski definition) is 0. The predicted molar refractivity (Wildman–Crippen MR) is 107 cm³/mol. The van der Waals surface area contributed by atoms with Gasteiger partial charge >= 0.3 is 5.97 Å². The maximum absolute atomic E-state index is 13.0. The summed E-state index contributed by atoms with van der Waals surface area (Å²) < 4.78 is 7.22. The molecule has 3 heterocycles. The third kappa shape index (κ3) is 3.51. The van der Waals surface area contributed by atoms with Crippen LogP contribution in [0.2, 0.25) is 5.02 Å². The van der Waals surface area contributed by atoms with Crippen LogP contribution in [0.25, 0.3) is 10.2 Å². The van der Waals surface area contributed by atoms with Gasteiger partial charge in [0.05, 0.1) is 5.39 Å². The van der Waals surface area contributed by atoms with Crippen LogP contribution in [-0.2, 0) is 24.3 Å². The highest BCUT2D eigenvalue weighted by Crippen LogP contribution is 2.29. The number of carbonyl (C=O) groups excluding carboxylic acids is 1. The summed E-state index contributed by atoms with van der Waals surface area (Å²) in [7, 11) is 0. The number of nitrogens with zero attached hydrogens (tertiary/aromatic N) is 2. The highest BCUT2D eigenvalue weighted by Gasteiger charge is 2.23. The molecule has 5 nitrogen and oxygen atoms in total. The number of benzene rings is 1. The maximum Gasteiger partial charge on any atom is 0.349 e. The van der Waals surface area contributed by atoms with Crippen LogP contribution in [0, 0.1) is 6.92 Å². The lowest BCUT2D eigenvalue weighted by Gasteiger charge is -2.08. The first-order valence-electron chi connectivity index (χ1n) is 8.99. The molecule has 0 saturated carbocycles. The van der Waals surface area contributed by atoms with Gasteiger partial charge in [-0.25, -0.2) is 9.78 Å². The van der Waals surface area contributed by atoms with Gasteiger partial charge in [-0.1, -0.05) is 30.2 Å². The van der Waals surface area contributed by atoms with Crippen molar-refractivity contribution in [2.45, 2.75) is 45.8 Å². The summed E-state index contributed by atoms with van der Waals surface area (Å²) in [6.45, 7) is 2.62. The number of fused-ring (bicyclic) bond motifs is 2. The molecule has 1 aliphatic heterocycles. The molecular weight excluding hydrogens is 384 g/mol. The molecule has 2 aromatic heterocycles. The van der Waals surface area contributed by atoms with Crippen molar-refractivity contribution < 1.29 is 9.53 Å². The molecule has 1 aromatic carbocycles. The SMILES string of the molecule is Cc1c(C(=O)OCc2cccc(Cl)c2)sc2nc3n(c(=O)c12)CCCCC3. The van der Waals surface area contributed by atoms with Gasteiger partial charge in [-0.15, -0.1) is 11.3 Å². The molecule has 0 atom stereocenters. The fourth-order valence-corrected chi connectivity index (χ4v) is 4.74. The molecule has 3 aromatic rings. The summed E-state index contributed by atoms with van der Waals surface area (Å²) in [5.74, 6) is 0.389. The van der Waals surface area contributed by atoms with Gasteiger partial charge in [0, 0.05) is 18.0 Å². The fraction of sp³-hybridized carbons (Fsp3) is 0.350. The fourth-order valence-electron chi connectivity index (χ4n) is 3.45. The molecule has 1 aliphatic rings. The molecule has 140 valence electrons. The number of aromatic nitrogens is 2. The Labute approximate surface area is 165 Å². The van der Waals surface area contributed by atoms with E-state index < -0.39 is 5.97 Å². The monoisotopic (exact) mass is 402 g/mol. The third-order valence-corrected chi connectivity index (χ3v) is 6.26. The summed E-state index contributed by atoms with van der Waals surface area (Å²) in [5, 5.41) is 1.14. The number of thiophene rings is 1. The first-order chi connectivity index (χ1) is 13.0. The van der Waals surface area contributed by atoms with Crippen molar-refractivity contribution in [3.63, 3.8) is 0 Å². The highest BCUT2D eigenvalue weighted by atomic mass is 35.5. The van der Waals surface area contributed by atoms with Crippen molar-refractivity contribution >= 4 is 39.1 Å². The van der Waals surface area contributed by atoms with E-state index in [0.29, 0.717) is 32.2 Å². The number of hydrogen-bond acceptors (Lipinski definition) is 5. The Bertz CT molecular complexity index is 1090.